The smallest absolute Gasteiger partial charge is 0.232 e. The van der Waals surface area contributed by atoms with Crippen molar-refractivity contribution in [3.8, 4) is 0 Å². The Bertz CT molecular complexity index is 426. The van der Waals surface area contributed by atoms with Gasteiger partial charge in [-0.25, -0.2) is 0 Å². The van der Waals surface area contributed by atoms with E-state index in [4.69, 9.17) is 11.5 Å². The third kappa shape index (κ3) is 2.24. The van der Waals surface area contributed by atoms with Gasteiger partial charge in [-0.15, -0.1) is 0 Å². The van der Waals surface area contributed by atoms with Crippen molar-refractivity contribution < 1.29 is 19.2 Å². The summed E-state index contributed by atoms with van der Waals surface area (Å²) in [6.45, 7) is 0.159. The molecule has 0 aromatic carbocycles. The standard InChI is InChI=1S/C11H16N4O4/c12-2-1-11(13,5-3-7(16)14-9(5)18)6-4-8(17)15-10(6)19/h5-6H,1-4,12-13H2,(H,14,16,18)(H,15,17,19). The number of carbonyl (C=O) groups excluding carboxylic acids is 4. The monoisotopic (exact) mass is 268 g/mol. The molecule has 2 aliphatic rings. The molecule has 0 bridgehead atoms. The van der Waals surface area contributed by atoms with Gasteiger partial charge in [0.05, 0.1) is 11.8 Å². The second-order valence-corrected chi connectivity index (χ2v) is 4.99. The molecule has 0 aromatic rings. The van der Waals surface area contributed by atoms with E-state index in [9.17, 15) is 19.2 Å². The number of imide groups is 2. The Morgan fingerprint density at radius 2 is 1.42 bits per heavy atom. The van der Waals surface area contributed by atoms with Crippen LogP contribution in [0.2, 0.25) is 0 Å². The van der Waals surface area contributed by atoms with Gasteiger partial charge in [0.1, 0.15) is 0 Å². The summed E-state index contributed by atoms with van der Waals surface area (Å²) in [6, 6.07) is 0. The molecule has 2 fully saturated rings. The van der Waals surface area contributed by atoms with Crippen LogP contribution in [-0.2, 0) is 19.2 Å². The van der Waals surface area contributed by atoms with Crippen LogP contribution in [0.25, 0.3) is 0 Å². The van der Waals surface area contributed by atoms with Gasteiger partial charge in [0.2, 0.25) is 23.6 Å². The minimum atomic E-state index is -1.28. The largest absolute Gasteiger partial charge is 0.330 e. The summed E-state index contributed by atoms with van der Waals surface area (Å²) in [6.07, 6.45) is 0.0321. The summed E-state index contributed by atoms with van der Waals surface area (Å²) >= 11 is 0. The zero-order valence-electron chi connectivity index (χ0n) is 10.3. The van der Waals surface area contributed by atoms with E-state index in [1.807, 2.05) is 0 Å². The lowest BCUT2D eigenvalue weighted by atomic mass is 9.70. The average molecular weight is 268 g/mol. The highest BCUT2D eigenvalue weighted by Gasteiger charge is 2.54. The molecule has 2 atom stereocenters. The first-order valence-corrected chi connectivity index (χ1v) is 6.05. The fourth-order valence-electron chi connectivity index (χ4n) is 2.82. The van der Waals surface area contributed by atoms with Gasteiger partial charge in [-0.2, -0.15) is 0 Å². The van der Waals surface area contributed by atoms with Crippen LogP contribution in [0.5, 0.6) is 0 Å². The number of nitrogens with one attached hydrogen (secondary N) is 2. The molecule has 6 N–H and O–H groups in total. The Balaban J connectivity index is 2.32. The van der Waals surface area contributed by atoms with Crippen molar-refractivity contribution in [3.05, 3.63) is 0 Å². The summed E-state index contributed by atoms with van der Waals surface area (Å²) < 4.78 is 0. The lowest BCUT2D eigenvalue weighted by Gasteiger charge is -2.36. The first-order chi connectivity index (χ1) is 8.88. The lowest BCUT2D eigenvalue weighted by molar-refractivity contribution is -0.129. The van der Waals surface area contributed by atoms with E-state index in [0.29, 0.717) is 0 Å². The van der Waals surface area contributed by atoms with Crippen molar-refractivity contribution in [2.24, 2.45) is 23.3 Å². The van der Waals surface area contributed by atoms with Gasteiger partial charge in [0, 0.05) is 18.4 Å². The molecule has 0 saturated carbocycles. The van der Waals surface area contributed by atoms with Crippen molar-refractivity contribution in [1.82, 2.24) is 10.6 Å². The lowest BCUT2D eigenvalue weighted by Crippen LogP contribution is -2.58. The third-order valence-electron chi connectivity index (χ3n) is 3.81. The number of nitrogens with two attached hydrogens (primary N) is 2. The number of rotatable bonds is 4. The van der Waals surface area contributed by atoms with E-state index in [1.165, 1.54) is 0 Å². The van der Waals surface area contributed by atoms with Crippen molar-refractivity contribution in [2.45, 2.75) is 24.8 Å². The molecule has 2 aliphatic heterocycles. The van der Waals surface area contributed by atoms with Gasteiger partial charge in [0.25, 0.3) is 0 Å². The molecule has 0 aliphatic carbocycles. The number of hydrogen-bond acceptors (Lipinski definition) is 6. The first-order valence-electron chi connectivity index (χ1n) is 6.05. The summed E-state index contributed by atoms with van der Waals surface area (Å²) in [4.78, 5) is 46.1. The number of hydrogen-bond donors (Lipinski definition) is 4. The highest BCUT2D eigenvalue weighted by atomic mass is 16.2. The van der Waals surface area contributed by atoms with Crippen molar-refractivity contribution in [1.29, 1.82) is 0 Å². The van der Waals surface area contributed by atoms with Gasteiger partial charge >= 0.3 is 0 Å². The normalized spacial score (nSPS) is 30.2. The molecule has 8 heteroatoms. The topological polar surface area (TPSA) is 144 Å². The SMILES string of the molecule is NCCC(N)(C1CC(=O)NC1=O)C1CC(=O)NC1=O. The first kappa shape index (κ1) is 13.6. The van der Waals surface area contributed by atoms with Crippen LogP contribution < -0.4 is 22.1 Å². The van der Waals surface area contributed by atoms with Crippen molar-refractivity contribution in [2.75, 3.05) is 6.54 Å². The molecule has 104 valence electrons. The maximum atomic E-state index is 11.8. The van der Waals surface area contributed by atoms with Gasteiger partial charge in [-0.05, 0) is 13.0 Å². The predicted molar refractivity (Wildman–Crippen MR) is 63.1 cm³/mol. The summed E-state index contributed by atoms with van der Waals surface area (Å²) in [7, 11) is 0. The Kier molecular flexibility index (Phi) is 3.38. The summed E-state index contributed by atoms with van der Waals surface area (Å²) in [5.41, 5.74) is 10.4. The highest BCUT2D eigenvalue weighted by molar-refractivity contribution is 6.07. The van der Waals surface area contributed by atoms with Crippen LogP contribution in [0.3, 0.4) is 0 Å². The van der Waals surface area contributed by atoms with E-state index < -0.39 is 41.0 Å². The molecule has 2 rings (SSSR count). The predicted octanol–water partition coefficient (Wildman–Crippen LogP) is -2.64. The average Bonchev–Trinajstić information content (AvgIpc) is 2.82. The number of amides is 4. The fourth-order valence-corrected chi connectivity index (χ4v) is 2.82. The van der Waals surface area contributed by atoms with Crippen LogP contribution in [0.4, 0.5) is 0 Å². The summed E-state index contributed by atoms with van der Waals surface area (Å²) in [5.74, 6) is -3.52. The second-order valence-electron chi connectivity index (χ2n) is 4.99. The maximum absolute atomic E-state index is 11.8. The molecule has 0 aromatic heterocycles. The molecule has 19 heavy (non-hydrogen) atoms. The molecule has 0 spiro atoms. The molecule has 8 nitrogen and oxygen atoms in total. The fraction of sp³-hybridized carbons (Fsp3) is 0.636. The third-order valence-corrected chi connectivity index (χ3v) is 3.81. The van der Waals surface area contributed by atoms with Crippen LogP contribution in [0, 0.1) is 11.8 Å². The van der Waals surface area contributed by atoms with Crippen LogP contribution in [0.1, 0.15) is 19.3 Å². The van der Waals surface area contributed by atoms with Gasteiger partial charge in [-0.3, -0.25) is 29.8 Å². The van der Waals surface area contributed by atoms with Gasteiger partial charge in [-0.1, -0.05) is 0 Å². The molecular weight excluding hydrogens is 252 g/mol. The zero-order chi connectivity index (χ0) is 14.2. The Labute approximate surface area is 109 Å². The quantitative estimate of drug-likeness (QED) is 0.410. The van der Waals surface area contributed by atoms with E-state index in [2.05, 4.69) is 10.6 Å². The molecule has 4 amide bonds. The van der Waals surface area contributed by atoms with Gasteiger partial charge in [0.15, 0.2) is 0 Å². The maximum Gasteiger partial charge on any atom is 0.232 e. The minimum Gasteiger partial charge on any atom is -0.330 e. The van der Waals surface area contributed by atoms with Crippen LogP contribution in [0.15, 0.2) is 0 Å². The number of carbonyl (C=O) groups is 4. The molecule has 0 radical (unpaired) electrons. The molecule has 2 saturated heterocycles. The van der Waals surface area contributed by atoms with Crippen LogP contribution in [-0.4, -0.2) is 35.7 Å². The van der Waals surface area contributed by atoms with E-state index >= 15 is 0 Å². The molecule has 2 unspecified atom stereocenters. The Morgan fingerprint density at radius 3 is 1.68 bits per heavy atom. The molecular formula is C11H16N4O4. The van der Waals surface area contributed by atoms with Crippen LogP contribution >= 0.6 is 0 Å². The molecule has 2 heterocycles. The minimum absolute atomic E-state index is 0.0761. The zero-order valence-corrected chi connectivity index (χ0v) is 10.3. The Morgan fingerprint density at radius 1 is 1.00 bits per heavy atom. The Hall–Kier alpha value is -1.80. The highest BCUT2D eigenvalue weighted by Crippen LogP contribution is 2.36. The van der Waals surface area contributed by atoms with E-state index in [-0.39, 0.29) is 25.8 Å². The van der Waals surface area contributed by atoms with Crippen molar-refractivity contribution >= 4 is 23.6 Å². The summed E-state index contributed by atoms with van der Waals surface area (Å²) in [5, 5.41) is 4.33. The second kappa shape index (κ2) is 4.71. The van der Waals surface area contributed by atoms with E-state index in [1.54, 1.807) is 0 Å². The van der Waals surface area contributed by atoms with Gasteiger partial charge < -0.3 is 11.5 Å². The van der Waals surface area contributed by atoms with Crippen molar-refractivity contribution in [3.63, 3.8) is 0 Å². The van der Waals surface area contributed by atoms with E-state index in [0.717, 1.165) is 0 Å².